The summed E-state index contributed by atoms with van der Waals surface area (Å²) in [5.74, 6) is 0.796. The summed E-state index contributed by atoms with van der Waals surface area (Å²) in [5, 5.41) is 4.13. The average Bonchev–Trinajstić information content (AvgIpc) is 2.55. The van der Waals surface area contributed by atoms with Gasteiger partial charge in [-0.25, -0.2) is 4.98 Å². The van der Waals surface area contributed by atoms with E-state index in [0.29, 0.717) is 5.88 Å². The third-order valence-electron chi connectivity index (χ3n) is 5.62. The molecule has 1 heterocycles. The lowest BCUT2D eigenvalue weighted by Gasteiger charge is -2.44. The maximum atomic E-state index is 8.81. The van der Waals surface area contributed by atoms with Crippen molar-refractivity contribution in [2.75, 3.05) is 7.11 Å². The minimum absolute atomic E-state index is 0.0244. The van der Waals surface area contributed by atoms with Crippen molar-refractivity contribution in [1.29, 1.82) is 0 Å². The Bertz CT molecular complexity index is 621. The van der Waals surface area contributed by atoms with Gasteiger partial charge >= 0.3 is 0 Å². The number of hydrogen-bond donors (Lipinski definition) is 0. The molecule has 0 bridgehead atoms. The van der Waals surface area contributed by atoms with Crippen molar-refractivity contribution in [3.63, 3.8) is 0 Å². The largest absolute Gasteiger partial charge is 0.481 e. The van der Waals surface area contributed by atoms with Crippen molar-refractivity contribution in [2.45, 2.75) is 76.2 Å². The molecule has 3 atom stereocenters. The Morgan fingerprint density at radius 2 is 2.00 bits per heavy atom. The fourth-order valence-electron chi connectivity index (χ4n) is 3.08. The molecular formula is C18H30N4O2Si. The van der Waals surface area contributed by atoms with E-state index in [1.807, 2.05) is 12.3 Å². The minimum atomic E-state index is -1.87. The number of pyridine rings is 1. The maximum Gasteiger partial charge on any atom is 0.212 e. The first-order chi connectivity index (χ1) is 11.7. The summed E-state index contributed by atoms with van der Waals surface area (Å²) in [5.41, 5.74) is 9.93. The molecule has 0 radical (unpaired) electrons. The zero-order valence-electron chi connectivity index (χ0n) is 16.2. The molecule has 0 spiro atoms. The Balaban J connectivity index is 2.27. The lowest BCUT2D eigenvalue weighted by Crippen LogP contribution is -2.47. The van der Waals surface area contributed by atoms with Gasteiger partial charge in [-0.15, -0.1) is 0 Å². The minimum Gasteiger partial charge on any atom is -0.481 e. The van der Waals surface area contributed by atoms with Crippen LogP contribution in [-0.2, 0) is 4.43 Å². The molecule has 0 unspecified atom stereocenters. The Kier molecular flexibility index (Phi) is 6.14. The van der Waals surface area contributed by atoms with Crippen molar-refractivity contribution in [3.8, 4) is 5.88 Å². The van der Waals surface area contributed by atoms with Gasteiger partial charge in [0.2, 0.25) is 5.88 Å². The number of hydrogen-bond acceptors (Lipinski definition) is 4. The summed E-state index contributed by atoms with van der Waals surface area (Å²) >= 11 is 0. The standard InChI is InChI=1S/C18H30N4O2Si/c1-18(2,3)25(5,6)24-16-9-8-14(21-22-19)11-15(16)13-7-10-17(23-4)20-12-13/h7,10,12,14-16H,8-9,11H2,1-6H3/t14-,15+,16-/m0/s1. The number of ether oxygens (including phenoxy) is 1. The summed E-state index contributed by atoms with van der Waals surface area (Å²) in [7, 11) is -0.259. The van der Waals surface area contributed by atoms with Crippen LogP contribution in [0.1, 0.15) is 51.5 Å². The van der Waals surface area contributed by atoms with E-state index >= 15 is 0 Å². The van der Waals surface area contributed by atoms with Gasteiger partial charge < -0.3 is 9.16 Å². The van der Waals surface area contributed by atoms with Crippen LogP contribution in [-0.4, -0.2) is 32.6 Å². The number of rotatable bonds is 5. The first-order valence-corrected chi connectivity index (χ1v) is 11.8. The number of aromatic nitrogens is 1. The third kappa shape index (κ3) is 4.75. The average molecular weight is 363 g/mol. The molecule has 7 heteroatoms. The predicted octanol–water partition coefficient (Wildman–Crippen LogP) is 5.43. The molecule has 0 saturated heterocycles. The van der Waals surface area contributed by atoms with Crippen LogP contribution in [0.2, 0.25) is 18.1 Å². The molecule has 0 N–H and O–H groups in total. The Hall–Kier alpha value is -1.56. The van der Waals surface area contributed by atoms with Gasteiger partial charge in [0.15, 0.2) is 8.32 Å². The van der Waals surface area contributed by atoms with Gasteiger partial charge in [0.05, 0.1) is 13.2 Å². The fraction of sp³-hybridized carbons (Fsp3) is 0.722. The van der Waals surface area contributed by atoms with E-state index in [2.05, 4.69) is 54.9 Å². The van der Waals surface area contributed by atoms with Gasteiger partial charge in [-0.2, -0.15) is 0 Å². The molecule has 138 valence electrons. The van der Waals surface area contributed by atoms with Gasteiger partial charge in [-0.05, 0) is 48.5 Å². The van der Waals surface area contributed by atoms with Crippen molar-refractivity contribution in [1.82, 2.24) is 4.98 Å². The fourth-order valence-corrected chi connectivity index (χ4v) is 4.47. The van der Waals surface area contributed by atoms with E-state index in [1.165, 1.54) is 0 Å². The van der Waals surface area contributed by atoms with Crippen molar-refractivity contribution in [2.24, 2.45) is 5.11 Å². The SMILES string of the molecule is COc1ccc([C@H]2C[C@@H](N=[N+]=[N-])CC[C@@H]2O[Si](C)(C)C(C)(C)C)cn1. The highest BCUT2D eigenvalue weighted by Crippen LogP contribution is 2.43. The highest BCUT2D eigenvalue weighted by molar-refractivity contribution is 6.74. The molecule has 1 saturated carbocycles. The van der Waals surface area contributed by atoms with E-state index in [1.54, 1.807) is 7.11 Å². The van der Waals surface area contributed by atoms with Crippen LogP contribution in [0.15, 0.2) is 23.4 Å². The van der Waals surface area contributed by atoms with Crippen LogP contribution in [0.4, 0.5) is 0 Å². The van der Waals surface area contributed by atoms with Crippen LogP contribution in [0.5, 0.6) is 5.88 Å². The monoisotopic (exact) mass is 362 g/mol. The van der Waals surface area contributed by atoms with E-state index < -0.39 is 8.32 Å². The molecule has 1 aliphatic rings. The van der Waals surface area contributed by atoms with Crippen LogP contribution in [0, 0.1) is 0 Å². The second-order valence-electron chi connectivity index (χ2n) is 8.33. The number of azide groups is 1. The van der Waals surface area contributed by atoms with Gasteiger partial charge in [-0.3, -0.25) is 0 Å². The smallest absolute Gasteiger partial charge is 0.212 e. The molecule has 1 aliphatic carbocycles. The summed E-state index contributed by atoms with van der Waals surface area (Å²) in [4.78, 5) is 7.36. The van der Waals surface area contributed by atoms with E-state index in [9.17, 15) is 0 Å². The molecule has 1 fully saturated rings. The summed E-state index contributed by atoms with van der Waals surface area (Å²) in [6.07, 6.45) is 4.60. The Morgan fingerprint density at radius 3 is 2.52 bits per heavy atom. The Morgan fingerprint density at radius 1 is 1.28 bits per heavy atom. The number of nitrogens with zero attached hydrogens (tertiary/aromatic N) is 4. The normalized spacial score (nSPS) is 24.5. The lowest BCUT2D eigenvalue weighted by atomic mass is 9.80. The topological polar surface area (TPSA) is 80.1 Å². The molecule has 1 aromatic rings. The zero-order valence-corrected chi connectivity index (χ0v) is 17.2. The van der Waals surface area contributed by atoms with Gasteiger partial charge in [0.1, 0.15) is 0 Å². The first kappa shape index (κ1) is 19.8. The Labute approximate surface area is 151 Å². The molecule has 0 amide bonds. The van der Waals surface area contributed by atoms with Crippen molar-refractivity contribution < 1.29 is 9.16 Å². The van der Waals surface area contributed by atoms with E-state index in [-0.39, 0.29) is 23.1 Å². The second-order valence-corrected chi connectivity index (χ2v) is 13.1. The molecule has 0 aliphatic heterocycles. The van der Waals surface area contributed by atoms with Gasteiger partial charge in [0, 0.05) is 29.1 Å². The summed E-state index contributed by atoms with van der Waals surface area (Å²) in [6, 6.07) is 3.96. The quantitative estimate of drug-likeness (QED) is 0.303. The molecule has 0 aromatic carbocycles. The van der Waals surface area contributed by atoms with Crippen molar-refractivity contribution in [3.05, 3.63) is 34.3 Å². The van der Waals surface area contributed by atoms with Crippen LogP contribution >= 0.6 is 0 Å². The van der Waals surface area contributed by atoms with Crippen molar-refractivity contribution >= 4 is 8.32 Å². The van der Waals surface area contributed by atoms with Crippen LogP contribution in [0.25, 0.3) is 10.4 Å². The molecule has 6 nitrogen and oxygen atoms in total. The highest BCUT2D eigenvalue weighted by atomic mass is 28.4. The first-order valence-electron chi connectivity index (χ1n) is 8.90. The second kappa shape index (κ2) is 7.77. The van der Waals surface area contributed by atoms with Gasteiger partial charge in [0.25, 0.3) is 0 Å². The summed E-state index contributed by atoms with van der Waals surface area (Å²) < 4.78 is 11.9. The maximum absolute atomic E-state index is 8.81. The zero-order chi connectivity index (χ0) is 18.7. The van der Waals surface area contributed by atoms with Crippen LogP contribution < -0.4 is 4.74 Å². The number of methoxy groups -OCH3 is 1. The molecule has 2 rings (SSSR count). The highest BCUT2D eigenvalue weighted by Gasteiger charge is 2.42. The van der Waals surface area contributed by atoms with Gasteiger partial charge in [-0.1, -0.05) is 32.0 Å². The van der Waals surface area contributed by atoms with E-state index in [4.69, 9.17) is 14.7 Å². The third-order valence-corrected chi connectivity index (χ3v) is 10.1. The molecule has 25 heavy (non-hydrogen) atoms. The predicted molar refractivity (Wildman–Crippen MR) is 102 cm³/mol. The molecule has 1 aromatic heterocycles. The van der Waals surface area contributed by atoms with Crippen LogP contribution in [0.3, 0.4) is 0 Å². The lowest BCUT2D eigenvalue weighted by molar-refractivity contribution is 0.107. The van der Waals surface area contributed by atoms with E-state index in [0.717, 1.165) is 24.8 Å². The summed E-state index contributed by atoms with van der Waals surface area (Å²) in [6.45, 7) is 11.4. The molecular weight excluding hydrogens is 332 g/mol.